The molecule has 136 valence electrons. The van der Waals surface area contributed by atoms with Gasteiger partial charge in [-0.3, -0.25) is 10.1 Å². The van der Waals surface area contributed by atoms with Gasteiger partial charge in [-0.1, -0.05) is 18.2 Å². The molecule has 3 rings (SSSR count). The highest BCUT2D eigenvalue weighted by molar-refractivity contribution is 7.99. The lowest BCUT2D eigenvalue weighted by Crippen LogP contribution is -2.47. The normalized spacial score (nSPS) is 25.6. The number of nitrogens with one attached hydrogen (secondary N) is 2. The second-order valence-corrected chi connectivity index (χ2v) is 7.71. The smallest absolute Gasteiger partial charge is 0.321 e. The summed E-state index contributed by atoms with van der Waals surface area (Å²) >= 11 is 1.04. The Labute approximate surface area is 150 Å². The first kappa shape index (κ1) is 17.7. The number of carbonyl (C=O) groups excluding carboxylic acids is 2. The molecule has 25 heavy (non-hydrogen) atoms. The first-order chi connectivity index (χ1) is 11.9. The maximum atomic E-state index is 12.0. The quantitative estimate of drug-likeness (QED) is 0.559. The average Bonchev–Trinajstić information content (AvgIpc) is 3.15. The number of thioether (sulfide) groups is 1. The standard InChI is InChI=1S/C15H23N7O2S/c1-7(10-5-8-2-3-9(10)4-8)18-14(24)19-11(23)6-25-15-21-12(16)20-13(17)22-15/h7-10H,2-6H2,1H3,(H2,18,19,23,24)(H4,16,17,20,21,22)/t7-,8+,9+,10+/m1/s1. The summed E-state index contributed by atoms with van der Waals surface area (Å²) in [5.41, 5.74) is 10.9. The van der Waals surface area contributed by atoms with Crippen molar-refractivity contribution in [2.75, 3.05) is 17.2 Å². The highest BCUT2D eigenvalue weighted by Crippen LogP contribution is 2.49. The topological polar surface area (TPSA) is 149 Å². The van der Waals surface area contributed by atoms with E-state index in [-0.39, 0.29) is 28.8 Å². The number of rotatable bonds is 5. The Morgan fingerprint density at radius 3 is 2.52 bits per heavy atom. The van der Waals surface area contributed by atoms with E-state index in [9.17, 15) is 9.59 Å². The number of urea groups is 1. The van der Waals surface area contributed by atoms with Crippen molar-refractivity contribution in [2.45, 2.75) is 43.8 Å². The van der Waals surface area contributed by atoms with Crippen LogP contribution in [0.1, 0.15) is 32.6 Å². The maximum Gasteiger partial charge on any atom is 0.321 e. The summed E-state index contributed by atoms with van der Waals surface area (Å²) in [6, 6.07) is -0.394. The van der Waals surface area contributed by atoms with Gasteiger partial charge in [0.15, 0.2) is 5.16 Å². The van der Waals surface area contributed by atoms with Gasteiger partial charge in [-0.25, -0.2) is 4.79 Å². The summed E-state index contributed by atoms with van der Waals surface area (Å²) < 4.78 is 0. The Bertz CT molecular complexity index is 651. The molecule has 4 atom stereocenters. The zero-order chi connectivity index (χ0) is 18.0. The molecule has 0 spiro atoms. The third-order valence-corrected chi connectivity index (χ3v) is 5.88. The number of anilines is 2. The van der Waals surface area contributed by atoms with Crippen molar-refractivity contribution < 1.29 is 9.59 Å². The summed E-state index contributed by atoms with van der Waals surface area (Å²) in [5.74, 6) is 1.59. The van der Waals surface area contributed by atoms with Gasteiger partial charge in [-0.15, -0.1) is 0 Å². The van der Waals surface area contributed by atoms with Gasteiger partial charge in [-0.2, -0.15) is 15.0 Å². The third-order valence-electron chi connectivity index (χ3n) is 5.03. The van der Waals surface area contributed by atoms with Crippen LogP contribution in [-0.2, 0) is 4.79 Å². The molecule has 0 saturated heterocycles. The lowest BCUT2D eigenvalue weighted by atomic mass is 9.84. The summed E-state index contributed by atoms with van der Waals surface area (Å²) in [4.78, 5) is 35.3. The molecule has 1 aromatic rings. The fourth-order valence-electron chi connectivity index (χ4n) is 4.00. The molecule has 9 nitrogen and oxygen atoms in total. The van der Waals surface area contributed by atoms with Gasteiger partial charge in [0.2, 0.25) is 17.8 Å². The van der Waals surface area contributed by atoms with Crippen molar-refractivity contribution in [1.82, 2.24) is 25.6 Å². The number of amides is 3. The van der Waals surface area contributed by atoms with Crippen molar-refractivity contribution >= 4 is 35.6 Å². The largest absolute Gasteiger partial charge is 0.368 e. The molecule has 0 radical (unpaired) electrons. The van der Waals surface area contributed by atoms with Gasteiger partial charge in [0.05, 0.1) is 5.75 Å². The number of hydrogen-bond donors (Lipinski definition) is 4. The van der Waals surface area contributed by atoms with Crippen LogP contribution in [0, 0.1) is 17.8 Å². The van der Waals surface area contributed by atoms with Gasteiger partial charge in [0.25, 0.3) is 0 Å². The summed E-state index contributed by atoms with van der Waals surface area (Å²) in [6.45, 7) is 2.01. The van der Waals surface area contributed by atoms with E-state index < -0.39 is 11.9 Å². The molecular weight excluding hydrogens is 342 g/mol. The van der Waals surface area contributed by atoms with Crippen molar-refractivity contribution in [3.8, 4) is 0 Å². The van der Waals surface area contributed by atoms with Crippen LogP contribution in [0.4, 0.5) is 16.7 Å². The molecule has 2 aliphatic rings. The monoisotopic (exact) mass is 365 g/mol. The maximum absolute atomic E-state index is 12.0. The zero-order valence-electron chi connectivity index (χ0n) is 14.1. The Morgan fingerprint density at radius 1 is 1.20 bits per heavy atom. The van der Waals surface area contributed by atoms with Crippen molar-refractivity contribution in [3.63, 3.8) is 0 Å². The number of carbonyl (C=O) groups is 2. The van der Waals surface area contributed by atoms with Crippen LogP contribution in [-0.4, -0.2) is 38.7 Å². The fraction of sp³-hybridized carbons (Fsp3) is 0.667. The second-order valence-electron chi connectivity index (χ2n) is 6.77. The van der Waals surface area contributed by atoms with Gasteiger partial charge in [-0.05, 0) is 43.9 Å². The SMILES string of the molecule is C[C@@H](NC(=O)NC(=O)CSc1nc(N)nc(N)n1)[C@@H]1C[C@H]2CC[C@H]1C2. The molecule has 2 aliphatic carbocycles. The molecule has 1 heterocycles. The molecule has 0 aromatic carbocycles. The molecule has 0 unspecified atom stereocenters. The predicted octanol–water partition coefficient (Wildman–Crippen LogP) is 0.779. The predicted molar refractivity (Wildman–Crippen MR) is 94.5 cm³/mol. The number of aromatic nitrogens is 3. The van der Waals surface area contributed by atoms with E-state index in [0.717, 1.165) is 17.7 Å². The number of nitrogen functional groups attached to an aromatic ring is 2. The Balaban J connectivity index is 1.42. The van der Waals surface area contributed by atoms with Crippen molar-refractivity contribution in [1.29, 1.82) is 0 Å². The first-order valence-corrected chi connectivity index (χ1v) is 9.39. The highest BCUT2D eigenvalue weighted by atomic mass is 32.2. The molecule has 0 aliphatic heterocycles. The minimum atomic E-state index is -0.462. The molecule has 1 aromatic heterocycles. The minimum Gasteiger partial charge on any atom is -0.368 e. The second kappa shape index (κ2) is 7.42. The van der Waals surface area contributed by atoms with Crippen LogP contribution >= 0.6 is 11.8 Å². The average molecular weight is 365 g/mol. The molecule has 2 fully saturated rings. The Morgan fingerprint density at radius 2 is 1.92 bits per heavy atom. The lowest BCUT2D eigenvalue weighted by Gasteiger charge is -2.28. The number of nitrogens with zero attached hydrogens (tertiary/aromatic N) is 3. The van der Waals surface area contributed by atoms with Crippen LogP contribution in [0.15, 0.2) is 5.16 Å². The van der Waals surface area contributed by atoms with E-state index in [1.165, 1.54) is 25.7 Å². The fourth-order valence-corrected chi connectivity index (χ4v) is 4.65. The molecular formula is C15H23N7O2S. The van der Waals surface area contributed by atoms with E-state index in [2.05, 4.69) is 25.6 Å². The van der Waals surface area contributed by atoms with Gasteiger partial charge >= 0.3 is 6.03 Å². The molecule has 10 heteroatoms. The number of imide groups is 1. The minimum absolute atomic E-state index is 0.00663. The highest BCUT2D eigenvalue weighted by Gasteiger charge is 2.42. The zero-order valence-corrected chi connectivity index (χ0v) is 14.9. The van der Waals surface area contributed by atoms with Crippen LogP contribution in [0.2, 0.25) is 0 Å². The molecule has 3 amide bonds. The molecule has 2 saturated carbocycles. The Kier molecular flexibility index (Phi) is 5.26. The van der Waals surface area contributed by atoms with E-state index in [0.29, 0.717) is 11.8 Å². The van der Waals surface area contributed by atoms with Crippen LogP contribution in [0.5, 0.6) is 0 Å². The van der Waals surface area contributed by atoms with E-state index in [1.54, 1.807) is 0 Å². The summed E-state index contributed by atoms with van der Waals surface area (Å²) in [6.07, 6.45) is 5.04. The summed E-state index contributed by atoms with van der Waals surface area (Å²) in [7, 11) is 0. The molecule has 2 bridgehead atoms. The van der Waals surface area contributed by atoms with Crippen LogP contribution in [0.3, 0.4) is 0 Å². The van der Waals surface area contributed by atoms with E-state index >= 15 is 0 Å². The van der Waals surface area contributed by atoms with Crippen LogP contribution < -0.4 is 22.1 Å². The van der Waals surface area contributed by atoms with E-state index in [1.807, 2.05) is 6.92 Å². The van der Waals surface area contributed by atoms with Crippen LogP contribution in [0.25, 0.3) is 0 Å². The van der Waals surface area contributed by atoms with Crippen molar-refractivity contribution in [2.24, 2.45) is 17.8 Å². The molecule has 6 N–H and O–H groups in total. The first-order valence-electron chi connectivity index (χ1n) is 8.41. The number of fused-ring (bicyclic) bond motifs is 2. The van der Waals surface area contributed by atoms with Crippen molar-refractivity contribution in [3.05, 3.63) is 0 Å². The van der Waals surface area contributed by atoms with Gasteiger partial charge in [0.1, 0.15) is 0 Å². The third kappa shape index (κ3) is 4.50. The van der Waals surface area contributed by atoms with Gasteiger partial charge < -0.3 is 16.8 Å². The number of hydrogen-bond acceptors (Lipinski definition) is 8. The van der Waals surface area contributed by atoms with E-state index in [4.69, 9.17) is 11.5 Å². The lowest BCUT2D eigenvalue weighted by molar-refractivity contribution is -0.117. The Hall–Kier alpha value is -2.10. The van der Waals surface area contributed by atoms with Gasteiger partial charge in [0, 0.05) is 6.04 Å². The number of nitrogens with two attached hydrogens (primary N) is 2. The summed E-state index contributed by atoms with van der Waals surface area (Å²) in [5, 5.41) is 5.47.